The first-order chi connectivity index (χ1) is 8.67. The van der Waals surface area contributed by atoms with Crippen molar-refractivity contribution in [3.63, 3.8) is 0 Å². The van der Waals surface area contributed by atoms with Crippen LogP contribution in [0, 0.1) is 5.92 Å². The van der Waals surface area contributed by atoms with Gasteiger partial charge in [0.1, 0.15) is 0 Å². The maximum Gasteiger partial charge on any atom is 0.191 e. The van der Waals surface area contributed by atoms with Crippen molar-refractivity contribution < 1.29 is 5.11 Å². The molecular weight excluding hydrogens is 246 g/mol. The second-order valence-electron chi connectivity index (χ2n) is 4.39. The van der Waals surface area contributed by atoms with Gasteiger partial charge < -0.3 is 15.7 Å². The van der Waals surface area contributed by atoms with Crippen molar-refractivity contribution in [3.05, 3.63) is 22.4 Å². The molecule has 0 saturated carbocycles. The minimum atomic E-state index is 0.170. The van der Waals surface area contributed by atoms with Crippen LogP contribution < -0.4 is 10.6 Å². The minimum absolute atomic E-state index is 0.170. The predicted molar refractivity (Wildman–Crippen MR) is 78.1 cm³/mol. The normalized spacial score (nSPS) is 15.2. The summed E-state index contributed by atoms with van der Waals surface area (Å²) >= 11 is 1.73. The summed E-state index contributed by atoms with van der Waals surface area (Å²) in [7, 11) is 0. The van der Waals surface area contributed by atoms with Crippen molar-refractivity contribution in [2.24, 2.45) is 10.9 Å². The Morgan fingerprint density at radius 1 is 1.50 bits per heavy atom. The number of nitrogens with one attached hydrogen (secondary N) is 2. The molecule has 0 spiro atoms. The summed E-state index contributed by atoms with van der Waals surface area (Å²) < 4.78 is 0. The van der Waals surface area contributed by atoms with Gasteiger partial charge in [-0.1, -0.05) is 13.0 Å². The zero-order chi connectivity index (χ0) is 13.4. The second kappa shape index (κ2) is 8.11. The van der Waals surface area contributed by atoms with Gasteiger partial charge in [0.2, 0.25) is 0 Å². The average molecular weight is 269 g/mol. The fourth-order valence-electron chi connectivity index (χ4n) is 1.44. The molecule has 0 amide bonds. The van der Waals surface area contributed by atoms with Crippen LogP contribution in [-0.4, -0.2) is 30.8 Å². The number of guanidine groups is 1. The Morgan fingerprint density at radius 2 is 2.28 bits per heavy atom. The van der Waals surface area contributed by atoms with Crippen molar-refractivity contribution in [2.45, 2.75) is 26.8 Å². The first-order valence-electron chi connectivity index (χ1n) is 6.36. The zero-order valence-corrected chi connectivity index (χ0v) is 12.1. The molecule has 2 unspecified atom stereocenters. The maximum absolute atomic E-state index is 9.00. The summed E-state index contributed by atoms with van der Waals surface area (Å²) in [5.74, 6) is 0.996. The van der Waals surface area contributed by atoms with Crippen LogP contribution in [0.25, 0.3) is 0 Å². The summed E-state index contributed by atoms with van der Waals surface area (Å²) in [5, 5.41) is 17.7. The number of aliphatic hydroxyl groups excluding tert-OH is 1. The Balaban J connectivity index is 2.56. The van der Waals surface area contributed by atoms with E-state index in [4.69, 9.17) is 5.11 Å². The largest absolute Gasteiger partial charge is 0.396 e. The van der Waals surface area contributed by atoms with Crippen molar-refractivity contribution in [1.29, 1.82) is 0 Å². The number of thiophene rings is 1. The number of aliphatic hydroxyl groups is 1. The SMILES string of the molecule is CCNC(=NCC(C)CO)NC(C)c1cccs1. The zero-order valence-electron chi connectivity index (χ0n) is 11.3. The molecule has 1 heterocycles. The van der Waals surface area contributed by atoms with E-state index < -0.39 is 0 Å². The Labute approximate surface area is 113 Å². The van der Waals surface area contributed by atoms with Crippen LogP contribution in [-0.2, 0) is 0 Å². The molecule has 1 aromatic rings. The van der Waals surface area contributed by atoms with Crippen LogP contribution in [0.4, 0.5) is 0 Å². The van der Waals surface area contributed by atoms with Crippen molar-refractivity contribution in [1.82, 2.24) is 10.6 Å². The molecule has 1 rings (SSSR count). The summed E-state index contributed by atoms with van der Waals surface area (Å²) in [6.45, 7) is 7.77. The van der Waals surface area contributed by atoms with E-state index in [0.717, 1.165) is 12.5 Å². The van der Waals surface area contributed by atoms with Crippen LogP contribution in [0.3, 0.4) is 0 Å². The summed E-state index contributed by atoms with van der Waals surface area (Å²) in [6.07, 6.45) is 0. The van der Waals surface area contributed by atoms with E-state index in [1.54, 1.807) is 11.3 Å². The third kappa shape index (κ3) is 5.06. The molecule has 0 fully saturated rings. The molecule has 0 radical (unpaired) electrons. The molecule has 4 nitrogen and oxygen atoms in total. The third-order valence-electron chi connectivity index (χ3n) is 2.54. The molecule has 0 aliphatic carbocycles. The molecule has 3 N–H and O–H groups in total. The molecule has 0 bridgehead atoms. The monoisotopic (exact) mass is 269 g/mol. The molecule has 1 aromatic heterocycles. The van der Waals surface area contributed by atoms with E-state index in [2.05, 4.69) is 40.1 Å². The lowest BCUT2D eigenvalue weighted by atomic mass is 10.2. The van der Waals surface area contributed by atoms with Gasteiger partial charge in [-0.25, -0.2) is 0 Å². The molecule has 0 aromatic carbocycles. The van der Waals surface area contributed by atoms with Gasteiger partial charge in [0.25, 0.3) is 0 Å². The van der Waals surface area contributed by atoms with E-state index in [-0.39, 0.29) is 18.6 Å². The first kappa shape index (κ1) is 15.0. The first-order valence-corrected chi connectivity index (χ1v) is 7.24. The molecule has 5 heteroatoms. The van der Waals surface area contributed by atoms with Gasteiger partial charge in [0.05, 0.1) is 6.04 Å². The Kier molecular flexibility index (Phi) is 6.75. The van der Waals surface area contributed by atoms with E-state index in [0.29, 0.717) is 6.54 Å². The van der Waals surface area contributed by atoms with Gasteiger partial charge in [-0.15, -0.1) is 11.3 Å². The molecule has 18 heavy (non-hydrogen) atoms. The molecule has 0 saturated heterocycles. The highest BCUT2D eigenvalue weighted by Gasteiger charge is 2.08. The maximum atomic E-state index is 9.00. The van der Waals surface area contributed by atoms with E-state index in [1.165, 1.54) is 4.88 Å². The van der Waals surface area contributed by atoms with Crippen LogP contribution in [0.5, 0.6) is 0 Å². The van der Waals surface area contributed by atoms with Gasteiger partial charge in [-0.2, -0.15) is 0 Å². The minimum Gasteiger partial charge on any atom is -0.396 e. The van der Waals surface area contributed by atoms with Crippen LogP contribution in [0.1, 0.15) is 31.7 Å². The number of hydrogen-bond donors (Lipinski definition) is 3. The highest BCUT2D eigenvalue weighted by Crippen LogP contribution is 2.17. The van der Waals surface area contributed by atoms with Crippen molar-refractivity contribution in [3.8, 4) is 0 Å². The smallest absolute Gasteiger partial charge is 0.191 e. The molecule has 2 atom stereocenters. The molecule has 0 aliphatic heterocycles. The number of rotatable bonds is 6. The van der Waals surface area contributed by atoms with Crippen LogP contribution in [0.2, 0.25) is 0 Å². The highest BCUT2D eigenvalue weighted by molar-refractivity contribution is 7.10. The van der Waals surface area contributed by atoms with E-state index >= 15 is 0 Å². The summed E-state index contributed by atoms with van der Waals surface area (Å²) in [5.41, 5.74) is 0. The van der Waals surface area contributed by atoms with E-state index in [9.17, 15) is 0 Å². The van der Waals surface area contributed by atoms with Gasteiger partial charge in [-0.05, 0) is 31.2 Å². The van der Waals surface area contributed by atoms with Gasteiger partial charge in [0.15, 0.2) is 5.96 Å². The topological polar surface area (TPSA) is 56.7 Å². The average Bonchev–Trinajstić information content (AvgIpc) is 2.89. The number of aliphatic imine (C=N–C) groups is 1. The third-order valence-corrected chi connectivity index (χ3v) is 3.60. The summed E-state index contributed by atoms with van der Waals surface area (Å²) in [4.78, 5) is 5.76. The second-order valence-corrected chi connectivity index (χ2v) is 5.37. The van der Waals surface area contributed by atoms with Crippen LogP contribution >= 0.6 is 11.3 Å². The Hall–Kier alpha value is -1.07. The quantitative estimate of drug-likeness (QED) is 0.547. The molecule has 102 valence electrons. The van der Waals surface area contributed by atoms with Crippen LogP contribution in [0.15, 0.2) is 22.5 Å². The lowest BCUT2D eigenvalue weighted by molar-refractivity contribution is 0.241. The van der Waals surface area contributed by atoms with Crippen molar-refractivity contribution in [2.75, 3.05) is 19.7 Å². The summed E-state index contributed by atoms with van der Waals surface area (Å²) in [6, 6.07) is 4.41. The van der Waals surface area contributed by atoms with Crippen molar-refractivity contribution >= 4 is 17.3 Å². The lowest BCUT2D eigenvalue weighted by Crippen LogP contribution is -2.38. The predicted octanol–water partition coefficient (Wildman–Crippen LogP) is 1.99. The fourth-order valence-corrected chi connectivity index (χ4v) is 2.17. The number of hydrogen-bond acceptors (Lipinski definition) is 3. The Morgan fingerprint density at radius 3 is 2.83 bits per heavy atom. The Bertz CT molecular complexity index is 351. The highest BCUT2D eigenvalue weighted by atomic mass is 32.1. The van der Waals surface area contributed by atoms with E-state index in [1.807, 2.05) is 13.8 Å². The van der Waals surface area contributed by atoms with Gasteiger partial charge in [0, 0.05) is 24.6 Å². The standard InChI is InChI=1S/C13H23N3OS/c1-4-14-13(15-8-10(2)9-17)16-11(3)12-6-5-7-18-12/h5-7,10-11,17H,4,8-9H2,1-3H3,(H2,14,15,16). The fraction of sp³-hybridized carbons (Fsp3) is 0.615. The van der Waals surface area contributed by atoms with Gasteiger partial charge in [-0.3, -0.25) is 4.99 Å². The molecular formula is C13H23N3OS. The molecule has 0 aliphatic rings. The van der Waals surface area contributed by atoms with Gasteiger partial charge >= 0.3 is 0 Å². The number of nitrogens with zero attached hydrogens (tertiary/aromatic N) is 1. The lowest BCUT2D eigenvalue weighted by Gasteiger charge is -2.17.